The number of rotatable bonds is 7. The topological polar surface area (TPSA) is 126 Å². The molecule has 0 spiro atoms. The van der Waals surface area contributed by atoms with Crippen LogP contribution in [0.1, 0.15) is 52.4 Å². The Balaban J connectivity index is 1.63. The summed E-state index contributed by atoms with van der Waals surface area (Å²) in [6.45, 7) is 4.03. The molecule has 1 aromatic carbocycles. The third-order valence-electron chi connectivity index (χ3n) is 4.63. The van der Waals surface area contributed by atoms with E-state index in [1.807, 2.05) is 13.8 Å². The molecule has 1 aliphatic rings. The van der Waals surface area contributed by atoms with Crippen molar-refractivity contribution in [2.24, 2.45) is 5.92 Å². The van der Waals surface area contributed by atoms with Gasteiger partial charge >= 0.3 is 5.97 Å². The van der Waals surface area contributed by atoms with Gasteiger partial charge in [0.2, 0.25) is 11.8 Å². The van der Waals surface area contributed by atoms with Crippen molar-refractivity contribution < 1.29 is 23.9 Å². The maximum absolute atomic E-state index is 12.4. The molecule has 2 aromatic rings. The molecule has 3 amide bonds. The second kappa shape index (κ2) is 9.69. The van der Waals surface area contributed by atoms with E-state index in [0.717, 1.165) is 4.88 Å². The molecule has 0 unspecified atom stereocenters. The minimum atomic E-state index is -0.843. The number of thiazole rings is 1. The average Bonchev–Trinajstić information content (AvgIpc) is 3.06. The molecule has 0 aliphatic carbocycles. The van der Waals surface area contributed by atoms with E-state index in [1.165, 1.54) is 18.4 Å². The number of nitrogens with zero attached hydrogens (tertiary/aromatic N) is 1. The van der Waals surface area contributed by atoms with Crippen molar-refractivity contribution in [2.45, 2.75) is 39.2 Å². The lowest BCUT2D eigenvalue weighted by molar-refractivity contribution is -0.118. The molecule has 0 fully saturated rings. The lowest BCUT2D eigenvalue weighted by Gasteiger charge is -2.13. The Morgan fingerprint density at radius 1 is 1.26 bits per heavy atom. The van der Waals surface area contributed by atoms with Crippen LogP contribution in [0, 0.1) is 5.92 Å². The van der Waals surface area contributed by atoms with Crippen molar-refractivity contribution in [2.75, 3.05) is 17.7 Å². The Morgan fingerprint density at radius 3 is 2.71 bits per heavy atom. The third kappa shape index (κ3) is 5.46. The molecule has 1 aliphatic heterocycles. The smallest absolute Gasteiger partial charge is 0.357 e. The summed E-state index contributed by atoms with van der Waals surface area (Å²) in [5, 5.41) is 8.33. The van der Waals surface area contributed by atoms with Gasteiger partial charge in [-0.3, -0.25) is 14.4 Å². The molecule has 1 atom stereocenters. The molecule has 2 heterocycles. The van der Waals surface area contributed by atoms with Crippen LogP contribution in [0.4, 0.5) is 10.8 Å². The first-order valence-electron chi connectivity index (χ1n) is 9.87. The largest absolute Gasteiger partial charge is 0.464 e. The molecule has 9 nitrogen and oxygen atoms in total. The summed E-state index contributed by atoms with van der Waals surface area (Å²) in [6, 6.07) is 5.87. The van der Waals surface area contributed by atoms with E-state index in [2.05, 4.69) is 20.9 Å². The summed E-state index contributed by atoms with van der Waals surface area (Å²) in [7, 11) is 1.28. The number of hydrogen-bond acceptors (Lipinski definition) is 7. The molecule has 31 heavy (non-hydrogen) atoms. The van der Waals surface area contributed by atoms with E-state index >= 15 is 0 Å². The van der Waals surface area contributed by atoms with Crippen molar-refractivity contribution in [3.8, 4) is 0 Å². The van der Waals surface area contributed by atoms with E-state index < -0.39 is 12.0 Å². The highest BCUT2D eigenvalue weighted by molar-refractivity contribution is 7.16. The number of carbonyl (C=O) groups excluding carboxylic acids is 4. The number of ether oxygens (including phenoxy) is 1. The standard InChI is InChI=1S/C21H24N4O5S/c1-11(2)10-15-17(20(29)30-3)25-21(31-15)24-16(26)9-8-14-19(28)22-13-7-5-4-6-12(13)18(27)23-14/h4-7,11,14H,8-10H2,1-3H3,(H,22,28)(H,23,27)(H,24,25,26)/t14-/m0/s1. The minimum Gasteiger partial charge on any atom is -0.464 e. The quantitative estimate of drug-likeness (QED) is 0.564. The Bertz CT molecular complexity index is 1020. The summed E-state index contributed by atoms with van der Waals surface area (Å²) in [5.41, 5.74) is 1.01. The van der Waals surface area contributed by atoms with Crippen molar-refractivity contribution >= 4 is 45.8 Å². The van der Waals surface area contributed by atoms with Crippen LogP contribution in [-0.2, 0) is 20.7 Å². The minimum absolute atomic E-state index is 0.0125. The second-order valence-corrected chi connectivity index (χ2v) is 8.61. The number of benzene rings is 1. The summed E-state index contributed by atoms with van der Waals surface area (Å²) < 4.78 is 4.77. The number of esters is 1. The Labute approximate surface area is 183 Å². The van der Waals surface area contributed by atoms with E-state index in [-0.39, 0.29) is 36.3 Å². The Kier molecular flexibility index (Phi) is 7.01. The summed E-state index contributed by atoms with van der Waals surface area (Å²) in [6.07, 6.45) is 0.736. The summed E-state index contributed by atoms with van der Waals surface area (Å²) in [5.74, 6) is -1.38. The van der Waals surface area contributed by atoms with E-state index in [9.17, 15) is 19.2 Å². The molecule has 3 rings (SSSR count). The van der Waals surface area contributed by atoms with Crippen molar-refractivity contribution in [1.29, 1.82) is 0 Å². The van der Waals surface area contributed by atoms with Crippen molar-refractivity contribution in [3.05, 3.63) is 40.4 Å². The zero-order valence-electron chi connectivity index (χ0n) is 17.5. The summed E-state index contributed by atoms with van der Waals surface area (Å²) >= 11 is 1.22. The predicted octanol–water partition coefficient (Wildman–Crippen LogP) is 2.60. The lowest BCUT2D eigenvalue weighted by atomic mass is 10.1. The van der Waals surface area contributed by atoms with Crippen molar-refractivity contribution in [3.63, 3.8) is 0 Å². The van der Waals surface area contributed by atoms with Crippen LogP contribution < -0.4 is 16.0 Å². The number of carbonyl (C=O) groups is 4. The van der Waals surface area contributed by atoms with Crippen LogP contribution in [0.25, 0.3) is 0 Å². The van der Waals surface area contributed by atoms with Crippen molar-refractivity contribution in [1.82, 2.24) is 10.3 Å². The number of aromatic nitrogens is 1. The number of hydrogen-bond donors (Lipinski definition) is 3. The van der Waals surface area contributed by atoms with Gasteiger partial charge in [-0.1, -0.05) is 26.0 Å². The average molecular weight is 445 g/mol. The number of nitrogens with one attached hydrogen (secondary N) is 3. The zero-order valence-corrected chi connectivity index (χ0v) is 18.3. The molecule has 0 bridgehead atoms. The van der Waals surface area contributed by atoms with E-state index in [0.29, 0.717) is 28.7 Å². The molecule has 10 heteroatoms. The Hall–Kier alpha value is -3.27. The SMILES string of the molecule is COC(=O)c1nc(NC(=O)CC[C@@H]2NC(=O)c3ccccc3NC2=O)sc1CC(C)C. The van der Waals surface area contributed by atoms with Crippen LogP contribution in [0.2, 0.25) is 0 Å². The number of para-hydroxylation sites is 1. The van der Waals surface area contributed by atoms with Crippen LogP contribution in [0.3, 0.4) is 0 Å². The normalized spacial score (nSPS) is 15.5. The van der Waals surface area contributed by atoms with Crippen LogP contribution in [-0.4, -0.2) is 41.8 Å². The first-order chi connectivity index (χ1) is 14.8. The van der Waals surface area contributed by atoms with E-state index in [4.69, 9.17) is 4.74 Å². The molecule has 0 saturated heterocycles. The first-order valence-corrected chi connectivity index (χ1v) is 10.7. The fourth-order valence-corrected chi connectivity index (χ4v) is 4.32. The highest BCUT2D eigenvalue weighted by Crippen LogP contribution is 2.27. The molecular weight excluding hydrogens is 420 g/mol. The number of fused-ring (bicyclic) bond motifs is 1. The van der Waals surface area contributed by atoms with Crippen LogP contribution in [0.15, 0.2) is 24.3 Å². The van der Waals surface area contributed by atoms with Gasteiger partial charge in [0.15, 0.2) is 10.8 Å². The summed E-state index contributed by atoms with van der Waals surface area (Å²) in [4.78, 5) is 54.1. The molecular formula is C21H24N4O5S. The van der Waals surface area contributed by atoms with Crippen LogP contribution in [0.5, 0.6) is 0 Å². The Morgan fingerprint density at radius 2 is 2.00 bits per heavy atom. The maximum Gasteiger partial charge on any atom is 0.357 e. The zero-order chi connectivity index (χ0) is 22.5. The number of methoxy groups -OCH3 is 1. The maximum atomic E-state index is 12.4. The molecule has 1 aromatic heterocycles. The van der Waals surface area contributed by atoms with Gasteiger partial charge in [-0.2, -0.15) is 0 Å². The lowest BCUT2D eigenvalue weighted by Crippen LogP contribution is -2.41. The predicted molar refractivity (Wildman–Crippen MR) is 116 cm³/mol. The van der Waals surface area contributed by atoms with Gasteiger partial charge in [-0.25, -0.2) is 9.78 Å². The molecule has 3 N–H and O–H groups in total. The van der Waals surface area contributed by atoms with Gasteiger partial charge in [0, 0.05) is 11.3 Å². The van der Waals surface area contributed by atoms with Gasteiger partial charge in [-0.15, -0.1) is 11.3 Å². The van der Waals surface area contributed by atoms with Gasteiger partial charge in [0.05, 0.1) is 18.4 Å². The molecule has 164 valence electrons. The highest BCUT2D eigenvalue weighted by atomic mass is 32.1. The fourth-order valence-electron chi connectivity index (χ4n) is 3.14. The first kappa shape index (κ1) is 22.4. The monoisotopic (exact) mass is 444 g/mol. The van der Waals surface area contributed by atoms with Gasteiger partial charge in [0.25, 0.3) is 5.91 Å². The third-order valence-corrected chi connectivity index (χ3v) is 5.62. The van der Waals surface area contributed by atoms with Gasteiger partial charge in [0.1, 0.15) is 6.04 Å². The van der Waals surface area contributed by atoms with Gasteiger partial charge in [-0.05, 0) is 30.9 Å². The van der Waals surface area contributed by atoms with E-state index in [1.54, 1.807) is 24.3 Å². The fraction of sp³-hybridized carbons (Fsp3) is 0.381. The second-order valence-electron chi connectivity index (χ2n) is 7.53. The van der Waals surface area contributed by atoms with Crippen LogP contribution >= 0.6 is 11.3 Å². The number of anilines is 2. The number of amides is 3. The highest BCUT2D eigenvalue weighted by Gasteiger charge is 2.28. The van der Waals surface area contributed by atoms with Gasteiger partial charge < -0.3 is 20.7 Å². The molecule has 0 saturated carbocycles. The molecule has 0 radical (unpaired) electrons.